The van der Waals surface area contributed by atoms with Crippen LogP contribution in [0.4, 0.5) is 0 Å². The van der Waals surface area contributed by atoms with Gasteiger partial charge in [-0.3, -0.25) is 4.90 Å². The molecule has 2 fully saturated rings. The number of nitrogens with zero attached hydrogens (tertiary/aromatic N) is 3. The van der Waals surface area contributed by atoms with E-state index in [0.29, 0.717) is 24.8 Å². The molecule has 3 N–H and O–H groups in total. The second kappa shape index (κ2) is 5.54. The van der Waals surface area contributed by atoms with E-state index in [4.69, 9.17) is 15.0 Å². The first-order valence-electron chi connectivity index (χ1n) is 6.85. The fraction of sp³-hybridized carbons (Fsp3) is 0.833. The van der Waals surface area contributed by atoms with Crippen LogP contribution in [0.3, 0.4) is 0 Å². The Morgan fingerprint density at radius 1 is 1.53 bits per heavy atom. The van der Waals surface area contributed by atoms with Crippen LogP contribution in [0.2, 0.25) is 0 Å². The van der Waals surface area contributed by atoms with Crippen molar-refractivity contribution in [2.45, 2.75) is 37.5 Å². The summed E-state index contributed by atoms with van der Waals surface area (Å²) in [5.41, 5.74) is 5.39. The largest absolute Gasteiger partial charge is 0.383 e. The summed E-state index contributed by atoms with van der Waals surface area (Å²) in [4.78, 5) is 6.65. The van der Waals surface area contributed by atoms with Gasteiger partial charge in [-0.15, -0.1) is 0 Å². The molecule has 7 heteroatoms. The second-order valence-electron chi connectivity index (χ2n) is 5.20. The summed E-state index contributed by atoms with van der Waals surface area (Å²) in [7, 11) is 0. The first-order valence-corrected chi connectivity index (χ1v) is 6.85. The van der Waals surface area contributed by atoms with Gasteiger partial charge in [0, 0.05) is 12.6 Å². The molecule has 2 aliphatic rings. The molecule has 0 saturated carbocycles. The first-order chi connectivity index (χ1) is 9.28. The van der Waals surface area contributed by atoms with Crippen molar-refractivity contribution in [1.82, 2.24) is 15.0 Å². The van der Waals surface area contributed by atoms with Crippen LogP contribution < -0.4 is 5.73 Å². The van der Waals surface area contributed by atoms with Gasteiger partial charge in [0.25, 0.3) is 5.89 Å². The predicted molar refractivity (Wildman–Crippen MR) is 66.2 cm³/mol. The van der Waals surface area contributed by atoms with Gasteiger partial charge in [-0.1, -0.05) is 5.16 Å². The van der Waals surface area contributed by atoms with E-state index in [1.54, 1.807) is 0 Å². The molecular weight excluding hydrogens is 248 g/mol. The summed E-state index contributed by atoms with van der Waals surface area (Å²) < 4.78 is 10.9. The summed E-state index contributed by atoms with van der Waals surface area (Å²) in [6.45, 7) is 3.02. The molecule has 1 aromatic heterocycles. The number of hydrogen-bond acceptors (Lipinski definition) is 7. The lowest BCUT2D eigenvalue weighted by Crippen LogP contribution is -2.42. The monoisotopic (exact) mass is 268 g/mol. The molecule has 3 heterocycles. The maximum Gasteiger partial charge on any atom is 0.255 e. The zero-order chi connectivity index (χ0) is 13.2. The third kappa shape index (κ3) is 2.64. The predicted octanol–water partition coefficient (Wildman–Crippen LogP) is -0.0125. The Morgan fingerprint density at radius 2 is 2.42 bits per heavy atom. The van der Waals surface area contributed by atoms with Crippen LogP contribution >= 0.6 is 0 Å². The van der Waals surface area contributed by atoms with Crippen LogP contribution in [-0.4, -0.2) is 52.4 Å². The highest BCUT2D eigenvalue weighted by Gasteiger charge is 2.35. The Bertz CT molecular complexity index is 425. The fourth-order valence-corrected chi connectivity index (χ4v) is 2.77. The van der Waals surface area contributed by atoms with Crippen molar-refractivity contribution < 1.29 is 14.4 Å². The number of ether oxygens (including phenoxy) is 1. The maximum absolute atomic E-state index is 9.75. The van der Waals surface area contributed by atoms with Crippen LogP contribution in [0, 0.1) is 0 Å². The number of nitrogens with two attached hydrogens (primary N) is 1. The molecule has 19 heavy (non-hydrogen) atoms. The minimum atomic E-state index is -0.783. The average Bonchev–Trinajstić information content (AvgIpc) is 3.07. The number of aliphatic hydroxyl groups excluding tert-OH is 1. The number of morpholine rings is 1. The van der Waals surface area contributed by atoms with E-state index in [9.17, 15) is 5.11 Å². The molecule has 0 spiro atoms. The smallest absolute Gasteiger partial charge is 0.255 e. The first kappa shape index (κ1) is 13.0. The van der Waals surface area contributed by atoms with Gasteiger partial charge in [0.15, 0.2) is 0 Å². The summed E-state index contributed by atoms with van der Waals surface area (Å²) >= 11 is 0. The van der Waals surface area contributed by atoms with Gasteiger partial charge in [-0.2, -0.15) is 4.98 Å². The van der Waals surface area contributed by atoms with Crippen LogP contribution in [0.15, 0.2) is 4.52 Å². The van der Waals surface area contributed by atoms with E-state index in [1.165, 1.54) is 12.8 Å². The minimum absolute atomic E-state index is 0.156. The van der Waals surface area contributed by atoms with Gasteiger partial charge in [-0.25, -0.2) is 0 Å². The number of hydrogen-bond donors (Lipinski definition) is 2. The molecule has 3 rings (SSSR count). The second-order valence-corrected chi connectivity index (χ2v) is 5.20. The van der Waals surface area contributed by atoms with Gasteiger partial charge in [0.1, 0.15) is 12.2 Å². The van der Waals surface area contributed by atoms with Crippen LogP contribution in [0.1, 0.15) is 43.2 Å². The number of aliphatic hydroxyl groups is 1. The maximum atomic E-state index is 9.75. The van der Waals surface area contributed by atoms with Crippen LogP contribution in [0.5, 0.6) is 0 Å². The zero-order valence-corrected chi connectivity index (χ0v) is 10.9. The van der Waals surface area contributed by atoms with E-state index in [2.05, 4.69) is 15.0 Å². The highest BCUT2D eigenvalue weighted by atomic mass is 16.5. The molecule has 2 saturated heterocycles. The lowest BCUT2D eigenvalue weighted by molar-refractivity contribution is -0.0548. The summed E-state index contributed by atoms with van der Waals surface area (Å²) in [6, 6.07) is 0.547. The third-order valence-corrected chi connectivity index (χ3v) is 3.86. The Morgan fingerprint density at radius 3 is 3.26 bits per heavy atom. The minimum Gasteiger partial charge on any atom is -0.383 e. The Labute approximate surface area is 111 Å². The molecule has 3 atom stereocenters. The van der Waals surface area contributed by atoms with E-state index in [1.807, 2.05) is 0 Å². The van der Waals surface area contributed by atoms with Crippen molar-refractivity contribution in [3.63, 3.8) is 0 Å². The summed E-state index contributed by atoms with van der Waals surface area (Å²) in [5.74, 6) is 0.754. The SMILES string of the molecule is NCCC(O)c1nc(C2CN3CCCC3CO2)no1. The third-order valence-electron chi connectivity index (χ3n) is 3.86. The number of fused-ring (bicyclic) bond motifs is 1. The number of rotatable bonds is 4. The van der Waals surface area contributed by atoms with Gasteiger partial charge in [0.05, 0.1) is 6.61 Å². The Balaban J connectivity index is 1.66. The summed E-state index contributed by atoms with van der Waals surface area (Å²) in [5, 5.41) is 13.7. The molecule has 0 aromatic carbocycles. The number of aromatic nitrogens is 2. The summed E-state index contributed by atoms with van der Waals surface area (Å²) in [6.07, 6.45) is 1.92. The molecule has 0 amide bonds. The molecule has 2 aliphatic heterocycles. The van der Waals surface area contributed by atoms with E-state index in [-0.39, 0.29) is 12.0 Å². The quantitative estimate of drug-likeness (QED) is 0.792. The molecule has 0 bridgehead atoms. The lowest BCUT2D eigenvalue weighted by Gasteiger charge is -2.33. The molecule has 1 aromatic rings. The zero-order valence-electron chi connectivity index (χ0n) is 10.9. The highest BCUT2D eigenvalue weighted by molar-refractivity contribution is 4.98. The van der Waals surface area contributed by atoms with Crippen molar-refractivity contribution in [2.24, 2.45) is 5.73 Å². The molecule has 3 unspecified atom stereocenters. The van der Waals surface area contributed by atoms with Crippen molar-refractivity contribution in [3.05, 3.63) is 11.7 Å². The molecule has 0 radical (unpaired) electrons. The normalized spacial score (nSPS) is 29.4. The fourth-order valence-electron chi connectivity index (χ4n) is 2.77. The molecule has 106 valence electrons. The van der Waals surface area contributed by atoms with Crippen LogP contribution in [-0.2, 0) is 4.74 Å². The van der Waals surface area contributed by atoms with Gasteiger partial charge >= 0.3 is 0 Å². The van der Waals surface area contributed by atoms with Gasteiger partial charge in [-0.05, 0) is 32.4 Å². The molecule has 0 aliphatic carbocycles. The Hall–Kier alpha value is -1.02. The average molecular weight is 268 g/mol. The lowest BCUT2D eigenvalue weighted by atomic mass is 10.2. The van der Waals surface area contributed by atoms with Gasteiger partial charge < -0.3 is 20.1 Å². The van der Waals surface area contributed by atoms with Crippen LogP contribution in [0.25, 0.3) is 0 Å². The Kier molecular flexibility index (Phi) is 3.79. The standard InChI is InChI=1S/C12H20N4O3/c13-4-3-9(17)12-14-11(15-19-12)10-6-16-5-1-2-8(16)7-18-10/h8-10,17H,1-7,13H2. The molecule has 7 nitrogen and oxygen atoms in total. The van der Waals surface area contributed by atoms with Crippen molar-refractivity contribution in [3.8, 4) is 0 Å². The topological polar surface area (TPSA) is 97.6 Å². The molecular formula is C12H20N4O3. The van der Waals surface area contributed by atoms with Crippen molar-refractivity contribution in [2.75, 3.05) is 26.2 Å². The van der Waals surface area contributed by atoms with Crippen molar-refractivity contribution >= 4 is 0 Å². The van der Waals surface area contributed by atoms with E-state index in [0.717, 1.165) is 19.7 Å². The highest BCUT2D eigenvalue weighted by Crippen LogP contribution is 2.29. The van der Waals surface area contributed by atoms with E-state index < -0.39 is 6.10 Å². The van der Waals surface area contributed by atoms with E-state index >= 15 is 0 Å². The van der Waals surface area contributed by atoms with Gasteiger partial charge in [0.2, 0.25) is 5.82 Å². The van der Waals surface area contributed by atoms with Crippen molar-refractivity contribution in [1.29, 1.82) is 0 Å².